The third-order valence-electron chi connectivity index (χ3n) is 2.62. The molecular formula is C13H13Br2NO2S. The first-order chi connectivity index (χ1) is 9.13. The summed E-state index contributed by atoms with van der Waals surface area (Å²) in [6, 6.07) is 9.51. The molecule has 0 fully saturated rings. The summed E-state index contributed by atoms with van der Waals surface area (Å²) in [6.07, 6.45) is 0. The molecule has 0 radical (unpaired) electrons. The molecule has 2 N–H and O–H groups in total. The van der Waals surface area contributed by atoms with Gasteiger partial charge in [0.25, 0.3) is 0 Å². The number of anilines is 1. The Kier molecular flexibility index (Phi) is 5.27. The van der Waals surface area contributed by atoms with Crippen molar-refractivity contribution in [2.24, 2.45) is 0 Å². The molecule has 102 valence electrons. The zero-order valence-corrected chi connectivity index (χ0v) is 14.2. The fraction of sp³-hybridized carbons (Fsp3) is 0.231. The predicted octanol–water partition coefficient (Wildman–Crippen LogP) is 4.43. The number of thiophene rings is 1. The molecule has 1 unspecified atom stereocenters. The molecule has 1 aromatic carbocycles. The van der Waals surface area contributed by atoms with E-state index in [0.29, 0.717) is 0 Å². The van der Waals surface area contributed by atoms with Gasteiger partial charge in [-0.2, -0.15) is 0 Å². The van der Waals surface area contributed by atoms with Crippen molar-refractivity contribution in [1.29, 1.82) is 0 Å². The van der Waals surface area contributed by atoms with E-state index in [-0.39, 0.29) is 12.6 Å². The second-order valence-corrected chi connectivity index (χ2v) is 7.13. The standard InChI is InChI=1S/C13H13Br2NO2S/c1-18-9-4-2-8(3-5-9)16-11(7-17)12-6-10(14)13(15)19-12/h2-6,11,16-17H,7H2,1H3. The van der Waals surface area contributed by atoms with Gasteiger partial charge in [0, 0.05) is 15.0 Å². The highest BCUT2D eigenvalue weighted by molar-refractivity contribution is 9.13. The van der Waals surface area contributed by atoms with Crippen LogP contribution in [-0.4, -0.2) is 18.8 Å². The Hall–Kier alpha value is -0.560. The number of methoxy groups -OCH3 is 1. The van der Waals surface area contributed by atoms with Gasteiger partial charge in [-0.15, -0.1) is 11.3 Å². The van der Waals surface area contributed by atoms with Crippen molar-refractivity contribution in [1.82, 2.24) is 0 Å². The van der Waals surface area contributed by atoms with E-state index >= 15 is 0 Å². The SMILES string of the molecule is COc1ccc(NC(CO)c2cc(Br)c(Br)s2)cc1. The largest absolute Gasteiger partial charge is 0.497 e. The lowest BCUT2D eigenvalue weighted by Gasteiger charge is -2.16. The third-order valence-corrected chi connectivity index (χ3v) is 5.99. The maximum atomic E-state index is 9.53. The van der Waals surface area contributed by atoms with Gasteiger partial charge in [-0.25, -0.2) is 0 Å². The van der Waals surface area contributed by atoms with Crippen LogP contribution in [0.25, 0.3) is 0 Å². The van der Waals surface area contributed by atoms with E-state index in [1.54, 1.807) is 18.4 Å². The number of benzene rings is 1. The van der Waals surface area contributed by atoms with Crippen LogP contribution >= 0.6 is 43.2 Å². The molecule has 0 saturated carbocycles. The number of aliphatic hydroxyl groups is 1. The second-order valence-electron chi connectivity index (χ2n) is 3.88. The molecule has 1 atom stereocenters. The fourth-order valence-electron chi connectivity index (χ4n) is 1.63. The quantitative estimate of drug-likeness (QED) is 0.771. The van der Waals surface area contributed by atoms with E-state index in [9.17, 15) is 5.11 Å². The van der Waals surface area contributed by atoms with E-state index in [0.717, 1.165) is 24.6 Å². The van der Waals surface area contributed by atoms with Crippen molar-refractivity contribution in [2.75, 3.05) is 19.0 Å². The van der Waals surface area contributed by atoms with Crippen LogP contribution in [0.15, 0.2) is 38.6 Å². The molecule has 6 heteroatoms. The number of rotatable bonds is 5. The minimum atomic E-state index is -0.124. The Morgan fingerprint density at radius 1 is 1.32 bits per heavy atom. The minimum Gasteiger partial charge on any atom is -0.497 e. The zero-order valence-electron chi connectivity index (χ0n) is 10.2. The molecule has 2 aromatic rings. The normalized spacial score (nSPS) is 12.2. The number of hydrogen-bond acceptors (Lipinski definition) is 4. The van der Waals surface area contributed by atoms with E-state index in [1.165, 1.54) is 0 Å². The lowest BCUT2D eigenvalue weighted by molar-refractivity contribution is 0.277. The van der Waals surface area contributed by atoms with Crippen molar-refractivity contribution in [3.8, 4) is 5.75 Å². The van der Waals surface area contributed by atoms with Gasteiger partial charge in [0.05, 0.1) is 23.5 Å². The van der Waals surface area contributed by atoms with Crippen LogP contribution in [0.5, 0.6) is 5.75 Å². The topological polar surface area (TPSA) is 41.5 Å². The highest BCUT2D eigenvalue weighted by Gasteiger charge is 2.15. The van der Waals surface area contributed by atoms with Gasteiger partial charge < -0.3 is 15.2 Å². The molecule has 1 aromatic heterocycles. The van der Waals surface area contributed by atoms with Gasteiger partial charge in [-0.05, 0) is 62.2 Å². The first kappa shape index (κ1) is 14.8. The average Bonchev–Trinajstić information content (AvgIpc) is 2.76. The van der Waals surface area contributed by atoms with Crippen molar-refractivity contribution < 1.29 is 9.84 Å². The number of nitrogens with one attached hydrogen (secondary N) is 1. The molecule has 19 heavy (non-hydrogen) atoms. The summed E-state index contributed by atoms with van der Waals surface area (Å²) in [5, 5.41) is 12.8. The van der Waals surface area contributed by atoms with Crippen LogP contribution in [-0.2, 0) is 0 Å². The summed E-state index contributed by atoms with van der Waals surface area (Å²) < 4.78 is 7.14. The molecule has 0 amide bonds. The van der Waals surface area contributed by atoms with E-state index < -0.39 is 0 Å². The Bertz CT molecular complexity index is 523. The van der Waals surface area contributed by atoms with E-state index in [2.05, 4.69) is 37.2 Å². The monoisotopic (exact) mass is 405 g/mol. The minimum absolute atomic E-state index is 0.0332. The molecule has 0 aliphatic rings. The molecule has 3 nitrogen and oxygen atoms in total. The highest BCUT2D eigenvalue weighted by atomic mass is 79.9. The maximum absolute atomic E-state index is 9.53. The van der Waals surface area contributed by atoms with Crippen molar-refractivity contribution >= 4 is 48.9 Å². The Morgan fingerprint density at radius 2 is 2.00 bits per heavy atom. The highest BCUT2D eigenvalue weighted by Crippen LogP contribution is 2.36. The summed E-state index contributed by atoms with van der Waals surface area (Å²) in [7, 11) is 1.64. The summed E-state index contributed by atoms with van der Waals surface area (Å²) in [5.74, 6) is 0.813. The number of ether oxygens (including phenoxy) is 1. The Morgan fingerprint density at radius 3 is 2.47 bits per heavy atom. The summed E-state index contributed by atoms with van der Waals surface area (Å²) >= 11 is 8.52. The van der Waals surface area contributed by atoms with Crippen LogP contribution < -0.4 is 10.1 Å². The van der Waals surface area contributed by atoms with Crippen LogP contribution in [0.2, 0.25) is 0 Å². The van der Waals surface area contributed by atoms with Crippen molar-refractivity contribution in [2.45, 2.75) is 6.04 Å². The lowest BCUT2D eigenvalue weighted by atomic mass is 10.2. The Balaban J connectivity index is 2.13. The van der Waals surface area contributed by atoms with E-state index in [4.69, 9.17) is 4.74 Å². The van der Waals surface area contributed by atoms with Gasteiger partial charge >= 0.3 is 0 Å². The Labute approximate surface area is 132 Å². The van der Waals surface area contributed by atoms with Gasteiger partial charge in [-0.1, -0.05) is 0 Å². The first-order valence-corrected chi connectivity index (χ1v) is 8.00. The number of halogens is 2. The van der Waals surface area contributed by atoms with E-state index in [1.807, 2.05) is 30.3 Å². The van der Waals surface area contributed by atoms with Gasteiger partial charge in [0.15, 0.2) is 0 Å². The maximum Gasteiger partial charge on any atom is 0.119 e. The van der Waals surface area contributed by atoms with Crippen LogP contribution in [0, 0.1) is 0 Å². The summed E-state index contributed by atoms with van der Waals surface area (Å²) in [4.78, 5) is 1.07. The summed E-state index contributed by atoms with van der Waals surface area (Å²) in [5.41, 5.74) is 0.945. The lowest BCUT2D eigenvalue weighted by Crippen LogP contribution is -2.13. The van der Waals surface area contributed by atoms with Crippen LogP contribution in [0.3, 0.4) is 0 Å². The molecule has 1 heterocycles. The third kappa shape index (κ3) is 3.72. The van der Waals surface area contributed by atoms with Gasteiger partial charge in [0.2, 0.25) is 0 Å². The number of hydrogen-bond donors (Lipinski definition) is 2. The molecule has 2 rings (SSSR count). The molecule has 0 aliphatic carbocycles. The number of aliphatic hydroxyl groups excluding tert-OH is 1. The molecule has 0 spiro atoms. The van der Waals surface area contributed by atoms with Gasteiger partial charge in [0.1, 0.15) is 5.75 Å². The molecule has 0 saturated heterocycles. The van der Waals surface area contributed by atoms with Crippen molar-refractivity contribution in [3.63, 3.8) is 0 Å². The first-order valence-electron chi connectivity index (χ1n) is 5.60. The predicted molar refractivity (Wildman–Crippen MR) is 86.2 cm³/mol. The molecule has 0 aliphatic heterocycles. The van der Waals surface area contributed by atoms with Crippen LogP contribution in [0.4, 0.5) is 5.69 Å². The summed E-state index contributed by atoms with van der Waals surface area (Å²) in [6.45, 7) is 0.0332. The fourth-order valence-corrected chi connectivity index (χ4v) is 3.76. The zero-order chi connectivity index (χ0) is 13.8. The second kappa shape index (κ2) is 6.74. The molecular weight excluding hydrogens is 394 g/mol. The smallest absolute Gasteiger partial charge is 0.119 e. The van der Waals surface area contributed by atoms with Gasteiger partial charge in [-0.3, -0.25) is 0 Å². The molecule has 0 bridgehead atoms. The average molecular weight is 407 g/mol. The van der Waals surface area contributed by atoms with Crippen LogP contribution in [0.1, 0.15) is 10.9 Å². The van der Waals surface area contributed by atoms with Crippen molar-refractivity contribution in [3.05, 3.63) is 43.5 Å².